The summed E-state index contributed by atoms with van der Waals surface area (Å²) >= 11 is 0. The van der Waals surface area contributed by atoms with Crippen LogP contribution >= 0.6 is 0 Å². The van der Waals surface area contributed by atoms with Crippen molar-refractivity contribution in [2.45, 2.75) is 26.8 Å². The Morgan fingerprint density at radius 1 is 1.00 bits per heavy atom. The van der Waals surface area contributed by atoms with Crippen LogP contribution in [0.5, 0.6) is 0 Å². The molecule has 0 N–H and O–H groups in total. The maximum Gasteiger partial charge on any atom is 0.0723 e. The van der Waals surface area contributed by atoms with Crippen LogP contribution in [0.2, 0.25) is 0 Å². The van der Waals surface area contributed by atoms with Crippen molar-refractivity contribution >= 4 is 6.21 Å². The van der Waals surface area contributed by atoms with Gasteiger partial charge < -0.3 is 0 Å². The predicted octanol–water partition coefficient (Wildman–Crippen LogP) is 4.48. The van der Waals surface area contributed by atoms with Gasteiger partial charge in [0.2, 0.25) is 0 Å². The summed E-state index contributed by atoms with van der Waals surface area (Å²) in [6.07, 6.45) is 1.95. The fraction of sp³-hybridized carbons (Fsp3) is 0.235. The first-order valence-corrected chi connectivity index (χ1v) is 6.32. The van der Waals surface area contributed by atoms with E-state index in [2.05, 4.69) is 56.1 Å². The van der Waals surface area contributed by atoms with Crippen LogP contribution in [0.4, 0.5) is 0 Å². The lowest BCUT2D eigenvalue weighted by atomic mass is 10.0. The van der Waals surface area contributed by atoms with Gasteiger partial charge >= 0.3 is 0 Å². The van der Waals surface area contributed by atoms with Gasteiger partial charge in [0.25, 0.3) is 0 Å². The molecule has 0 heterocycles. The van der Waals surface area contributed by atoms with E-state index in [0.717, 1.165) is 5.56 Å². The van der Waals surface area contributed by atoms with E-state index in [4.69, 9.17) is 0 Å². The number of aliphatic imine (C=N–C) groups is 1. The Bertz CT molecular complexity index is 541. The highest BCUT2D eigenvalue weighted by molar-refractivity contribution is 5.79. The maximum atomic E-state index is 4.64. The molecule has 0 amide bonds. The van der Waals surface area contributed by atoms with Gasteiger partial charge in [0.1, 0.15) is 0 Å². The summed E-state index contributed by atoms with van der Waals surface area (Å²) in [4.78, 5) is 4.64. The monoisotopic (exact) mass is 237 g/mol. The zero-order chi connectivity index (χ0) is 13.0. The van der Waals surface area contributed by atoms with Crippen molar-refractivity contribution in [3.63, 3.8) is 0 Å². The van der Waals surface area contributed by atoms with E-state index < -0.39 is 0 Å². The Morgan fingerprint density at radius 3 is 2.44 bits per heavy atom. The molecule has 1 heteroatoms. The SMILES string of the molecule is Cc1ccc(C)c(C(C)N=Cc2ccccc2)c1. The maximum absolute atomic E-state index is 4.64. The van der Waals surface area contributed by atoms with E-state index in [1.807, 2.05) is 24.4 Å². The Kier molecular flexibility index (Phi) is 3.93. The predicted molar refractivity (Wildman–Crippen MR) is 78.4 cm³/mol. The molecule has 0 saturated heterocycles. The van der Waals surface area contributed by atoms with E-state index in [1.54, 1.807) is 0 Å². The second-order valence-electron chi connectivity index (χ2n) is 4.72. The summed E-state index contributed by atoms with van der Waals surface area (Å²) in [5.41, 5.74) is 5.05. The van der Waals surface area contributed by atoms with Gasteiger partial charge in [-0.1, -0.05) is 54.1 Å². The van der Waals surface area contributed by atoms with Crippen LogP contribution in [0.25, 0.3) is 0 Å². The molecule has 92 valence electrons. The molecular weight excluding hydrogens is 218 g/mol. The van der Waals surface area contributed by atoms with Gasteiger partial charge in [-0.25, -0.2) is 0 Å². The minimum atomic E-state index is 0.199. The van der Waals surface area contributed by atoms with Crippen LogP contribution in [0.1, 0.15) is 35.2 Å². The van der Waals surface area contributed by atoms with Crippen LogP contribution in [0.3, 0.4) is 0 Å². The highest BCUT2D eigenvalue weighted by atomic mass is 14.8. The fourth-order valence-electron chi connectivity index (χ4n) is 2.03. The molecule has 1 nitrogen and oxygen atoms in total. The van der Waals surface area contributed by atoms with Gasteiger partial charge in [-0.15, -0.1) is 0 Å². The minimum absolute atomic E-state index is 0.199. The molecule has 1 unspecified atom stereocenters. The van der Waals surface area contributed by atoms with E-state index in [9.17, 15) is 0 Å². The molecule has 0 fully saturated rings. The topological polar surface area (TPSA) is 12.4 Å². The lowest BCUT2D eigenvalue weighted by Crippen LogP contribution is -1.95. The molecule has 2 rings (SSSR count). The number of hydrogen-bond acceptors (Lipinski definition) is 1. The molecule has 0 aliphatic rings. The van der Waals surface area contributed by atoms with E-state index in [0.29, 0.717) is 0 Å². The molecule has 0 aliphatic heterocycles. The minimum Gasteiger partial charge on any atom is -0.285 e. The van der Waals surface area contributed by atoms with Crippen molar-refractivity contribution in [2.24, 2.45) is 4.99 Å². The Hall–Kier alpha value is -1.89. The Morgan fingerprint density at radius 2 is 1.72 bits per heavy atom. The summed E-state index contributed by atoms with van der Waals surface area (Å²) < 4.78 is 0. The van der Waals surface area contributed by atoms with E-state index in [-0.39, 0.29) is 6.04 Å². The standard InChI is InChI=1S/C17H19N/c1-13-9-10-14(2)17(11-13)15(3)18-12-16-7-5-4-6-8-16/h4-12,15H,1-3H3. The third-order valence-electron chi connectivity index (χ3n) is 3.13. The Balaban J connectivity index is 2.19. The van der Waals surface area contributed by atoms with Crippen LogP contribution in [0, 0.1) is 13.8 Å². The molecular formula is C17H19N. The van der Waals surface area contributed by atoms with Crippen molar-refractivity contribution in [1.82, 2.24) is 0 Å². The summed E-state index contributed by atoms with van der Waals surface area (Å²) in [5.74, 6) is 0. The van der Waals surface area contributed by atoms with E-state index in [1.165, 1.54) is 16.7 Å². The Labute approximate surface area is 109 Å². The second kappa shape index (κ2) is 5.63. The molecule has 0 saturated carbocycles. The van der Waals surface area contributed by atoms with Crippen molar-refractivity contribution in [2.75, 3.05) is 0 Å². The third kappa shape index (κ3) is 3.07. The summed E-state index contributed by atoms with van der Waals surface area (Å²) in [5, 5.41) is 0. The first-order chi connectivity index (χ1) is 8.66. The molecule has 0 spiro atoms. The normalized spacial score (nSPS) is 12.8. The lowest BCUT2D eigenvalue weighted by Gasteiger charge is -2.11. The number of benzene rings is 2. The average molecular weight is 237 g/mol. The van der Waals surface area contributed by atoms with Crippen LogP contribution < -0.4 is 0 Å². The molecule has 0 bridgehead atoms. The fourth-order valence-corrected chi connectivity index (χ4v) is 2.03. The van der Waals surface area contributed by atoms with Crippen molar-refractivity contribution in [3.8, 4) is 0 Å². The van der Waals surface area contributed by atoms with Gasteiger partial charge in [-0.05, 0) is 37.5 Å². The molecule has 0 radical (unpaired) electrons. The molecule has 1 atom stereocenters. The van der Waals surface area contributed by atoms with Gasteiger partial charge in [-0.2, -0.15) is 0 Å². The van der Waals surface area contributed by atoms with Gasteiger partial charge in [0, 0.05) is 6.21 Å². The first-order valence-electron chi connectivity index (χ1n) is 6.32. The van der Waals surface area contributed by atoms with Gasteiger partial charge in [0.05, 0.1) is 6.04 Å². The summed E-state index contributed by atoms with van der Waals surface area (Å²) in [6, 6.07) is 17.0. The largest absolute Gasteiger partial charge is 0.285 e. The number of rotatable bonds is 3. The number of nitrogens with zero attached hydrogens (tertiary/aromatic N) is 1. The number of hydrogen-bond donors (Lipinski definition) is 0. The summed E-state index contributed by atoms with van der Waals surface area (Å²) in [6.45, 7) is 6.40. The zero-order valence-electron chi connectivity index (χ0n) is 11.2. The molecule has 2 aromatic carbocycles. The van der Waals surface area contributed by atoms with Crippen LogP contribution in [-0.4, -0.2) is 6.21 Å². The molecule has 0 aromatic heterocycles. The highest BCUT2D eigenvalue weighted by Gasteiger charge is 2.06. The van der Waals surface area contributed by atoms with Crippen LogP contribution in [-0.2, 0) is 0 Å². The van der Waals surface area contributed by atoms with Gasteiger partial charge in [0.15, 0.2) is 0 Å². The third-order valence-corrected chi connectivity index (χ3v) is 3.13. The van der Waals surface area contributed by atoms with Crippen LogP contribution in [0.15, 0.2) is 53.5 Å². The van der Waals surface area contributed by atoms with Gasteiger partial charge in [-0.3, -0.25) is 4.99 Å². The van der Waals surface area contributed by atoms with Crippen molar-refractivity contribution in [3.05, 3.63) is 70.8 Å². The summed E-state index contributed by atoms with van der Waals surface area (Å²) in [7, 11) is 0. The second-order valence-corrected chi connectivity index (χ2v) is 4.72. The average Bonchev–Trinajstić information content (AvgIpc) is 2.40. The molecule has 2 aromatic rings. The highest BCUT2D eigenvalue weighted by Crippen LogP contribution is 2.21. The molecule has 0 aliphatic carbocycles. The van der Waals surface area contributed by atoms with Crippen molar-refractivity contribution in [1.29, 1.82) is 0 Å². The quantitative estimate of drug-likeness (QED) is 0.698. The van der Waals surface area contributed by atoms with Crippen molar-refractivity contribution < 1.29 is 0 Å². The smallest absolute Gasteiger partial charge is 0.0723 e. The lowest BCUT2D eigenvalue weighted by molar-refractivity contribution is 0.815. The van der Waals surface area contributed by atoms with E-state index >= 15 is 0 Å². The molecule has 18 heavy (non-hydrogen) atoms. The first kappa shape index (κ1) is 12.6. The number of aryl methyl sites for hydroxylation is 2. The zero-order valence-corrected chi connectivity index (χ0v) is 11.2.